The highest BCUT2D eigenvalue weighted by Crippen LogP contribution is 2.24. The molecule has 8 heteroatoms. The molecule has 0 aliphatic rings. The Morgan fingerprint density at radius 3 is 2.72 bits per heavy atom. The summed E-state index contributed by atoms with van der Waals surface area (Å²) >= 11 is 1.48. The van der Waals surface area contributed by atoms with E-state index in [4.69, 9.17) is 0 Å². The molecule has 0 radical (unpaired) electrons. The number of aromatic nitrogens is 4. The van der Waals surface area contributed by atoms with Gasteiger partial charge in [0.25, 0.3) is 5.91 Å². The van der Waals surface area contributed by atoms with E-state index in [1.54, 1.807) is 19.1 Å². The van der Waals surface area contributed by atoms with Gasteiger partial charge in [-0.2, -0.15) is 4.68 Å². The minimum absolute atomic E-state index is 0.222. The maximum absolute atomic E-state index is 13.7. The molecule has 0 saturated heterocycles. The summed E-state index contributed by atoms with van der Waals surface area (Å²) in [6.07, 6.45) is 1.71. The number of anilines is 1. The first-order valence-corrected chi connectivity index (χ1v) is 9.66. The quantitative estimate of drug-likeness (QED) is 0.497. The molecule has 2 aromatic heterocycles. The van der Waals surface area contributed by atoms with Gasteiger partial charge in [0, 0.05) is 16.1 Å². The summed E-state index contributed by atoms with van der Waals surface area (Å²) in [5.74, 6) is -0.446. The Kier molecular flexibility index (Phi) is 5.26. The largest absolute Gasteiger partial charge is 0.320 e. The van der Waals surface area contributed by atoms with Crippen molar-refractivity contribution in [2.45, 2.75) is 6.92 Å². The normalized spacial score (nSPS) is 11.4. The molecule has 6 nitrogen and oxygen atoms in total. The number of carbonyl (C=O) groups excluding carboxylic acids is 1. The lowest BCUT2D eigenvalue weighted by Gasteiger charge is -2.12. The number of nitrogens with zero attached hydrogens (tertiary/aromatic N) is 4. The van der Waals surface area contributed by atoms with Crippen LogP contribution in [0.5, 0.6) is 0 Å². The van der Waals surface area contributed by atoms with E-state index < -0.39 is 11.7 Å². The van der Waals surface area contributed by atoms with Crippen LogP contribution in [0.15, 0.2) is 66.0 Å². The van der Waals surface area contributed by atoms with Crippen molar-refractivity contribution in [2.75, 3.05) is 5.32 Å². The Morgan fingerprint density at radius 2 is 1.97 bits per heavy atom. The van der Waals surface area contributed by atoms with E-state index in [0.717, 1.165) is 16.0 Å². The van der Waals surface area contributed by atoms with E-state index in [1.807, 2.05) is 47.8 Å². The summed E-state index contributed by atoms with van der Waals surface area (Å²) in [5, 5.41) is 16.6. The van der Waals surface area contributed by atoms with Crippen molar-refractivity contribution in [3.05, 3.63) is 82.3 Å². The average molecular weight is 405 g/mol. The zero-order valence-corrected chi connectivity index (χ0v) is 16.2. The van der Waals surface area contributed by atoms with E-state index in [2.05, 4.69) is 20.8 Å². The molecule has 0 aliphatic carbocycles. The number of tetrazole rings is 1. The fourth-order valence-corrected chi connectivity index (χ4v) is 3.41. The van der Waals surface area contributed by atoms with Crippen LogP contribution in [0.1, 0.15) is 10.4 Å². The molecule has 29 heavy (non-hydrogen) atoms. The molecule has 2 heterocycles. The zero-order chi connectivity index (χ0) is 20.2. The first-order chi connectivity index (χ1) is 14.1. The smallest absolute Gasteiger partial charge is 0.274 e. The van der Waals surface area contributed by atoms with Crippen molar-refractivity contribution in [1.82, 2.24) is 20.2 Å². The van der Waals surface area contributed by atoms with Crippen LogP contribution in [-0.2, 0) is 4.79 Å². The topological polar surface area (TPSA) is 72.7 Å². The van der Waals surface area contributed by atoms with Crippen LogP contribution in [0.25, 0.3) is 23.2 Å². The van der Waals surface area contributed by atoms with E-state index in [9.17, 15) is 9.18 Å². The molecule has 4 rings (SSSR count). The number of halogens is 1. The number of benzene rings is 2. The Balaban J connectivity index is 1.77. The van der Waals surface area contributed by atoms with Gasteiger partial charge in [-0.05, 0) is 52.6 Å². The molecule has 0 unspecified atom stereocenters. The molecule has 0 atom stereocenters. The van der Waals surface area contributed by atoms with Crippen LogP contribution in [0.2, 0.25) is 0 Å². The minimum atomic E-state index is -0.448. The molecule has 0 bridgehead atoms. The average Bonchev–Trinajstić information content (AvgIpc) is 3.41. The van der Waals surface area contributed by atoms with Gasteiger partial charge < -0.3 is 5.32 Å². The fraction of sp³-hybridized carbons (Fsp3) is 0.0476. The second-order valence-corrected chi connectivity index (χ2v) is 7.22. The number of rotatable bonds is 5. The van der Waals surface area contributed by atoms with Crippen LogP contribution >= 0.6 is 11.3 Å². The predicted octanol–water partition coefficient (Wildman–Crippen LogP) is 4.49. The SMILES string of the molecule is Cc1ccc(F)cc1NC(=O)/C(=C/c1cccs1)n1nnnc1-c1ccccc1. The minimum Gasteiger partial charge on any atom is -0.320 e. The predicted molar refractivity (Wildman–Crippen MR) is 112 cm³/mol. The summed E-state index contributed by atoms with van der Waals surface area (Å²) < 4.78 is 15.0. The third-order valence-corrected chi connectivity index (χ3v) is 5.05. The van der Waals surface area contributed by atoms with Gasteiger partial charge in [-0.3, -0.25) is 4.79 Å². The highest BCUT2D eigenvalue weighted by atomic mass is 32.1. The third kappa shape index (κ3) is 4.12. The molecule has 4 aromatic rings. The van der Waals surface area contributed by atoms with Crippen molar-refractivity contribution >= 4 is 34.7 Å². The summed E-state index contributed by atoms with van der Waals surface area (Å²) in [5.41, 5.74) is 2.13. The number of hydrogen-bond donors (Lipinski definition) is 1. The second kappa shape index (κ2) is 8.15. The van der Waals surface area contributed by atoms with Gasteiger partial charge >= 0.3 is 0 Å². The summed E-state index contributed by atoms with van der Waals surface area (Å²) in [6, 6.07) is 17.4. The number of nitrogens with one attached hydrogen (secondary N) is 1. The van der Waals surface area contributed by atoms with Crippen LogP contribution in [0.3, 0.4) is 0 Å². The number of carbonyl (C=O) groups is 1. The lowest BCUT2D eigenvalue weighted by molar-refractivity contribution is -0.111. The zero-order valence-electron chi connectivity index (χ0n) is 15.4. The van der Waals surface area contributed by atoms with Crippen LogP contribution in [0, 0.1) is 12.7 Å². The molecule has 0 fully saturated rings. The van der Waals surface area contributed by atoms with Crippen LogP contribution in [0.4, 0.5) is 10.1 Å². The molecule has 0 spiro atoms. The number of thiophene rings is 1. The fourth-order valence-electron chi connectivity index (χ4n) is 2.76. The second-order valence-electron chi connectivity index (χ2n) is 6.24. The molecule has 2 aromatic carbocycles. The number of aryl methyl sites for hydroxylation is 1. The van der Waals surface area contributed by atoms with Crippen LogP contribution < -0.4 is 5.32 Å². The first kappa shape index (κ1) is 18.7. The van der Waals surface area contributed by atoms with Crippen molar-refractivity contribution in [3.63, 3.8) is 0 Å². The Morgan fingerprint density at radius 1 is 1.14 bits per heavy atom. The van der Waals surface area contributed by atoms with Gasteiger partial charge in [0.2, 0.25) is 0 Å². The standard InChI is InChI=1S/C21H16FN5OS/c1-14-9-10-16(22)12-18(14)23-21(28)19(13-17-8-5-11-29-17)27-20(24-25-26-27)15-6-3-2-4-7-15/h2-13H,1H3,(H,23,28)/b19-13-. The van der Waals surface area contributed by atoms with E-state index in [0.29, 0.717) is 11.5 Å². The van der Waals surface area contributed by atoms with Crippen LogP contribution in [-0.4, -0.2) is 26.1 Å². The van der Waals surface area contributed by atoms with Gasteiger partial charge in [0.1, 0.15) is 11.5 Å². The molecule has 0 aliphatic heterocycles. The maximum Gasteiger partial charge on any atom is 0.274 e. The van der Waals surface area contributed by atoms with Gasteiger partial charge in [0.15, 0.2) is 5.82 Å². The summed E-state index contributed by atoms with van der Waals surface area (Å²) in [6.45, 7) is 1.80. The van der Waals surface area contributed by atoms with Crippen molar-refractivity contribution in [1.29, 1.82) is 0 Å². The highest BCUT2D eigenvalue weighted by molar-refractivity contribution is 7.10. The van der Waals surface area contributed by atoms with Gasteiger partial charge in [-0.15, -0.1) is 16.4 Å². The number of amides is 1. The summed E-state index contributed by atoms with van der Waals surface area (Å²) in [4.78, 5) is 14.0. The molecular formula is C21H16FN5OS. The summed E-state index contributed by atoms with van der Waals surface area (Å²) in [7, 11) is 0. The lowest BCUT2D eigenvalue weighted by atomic mass is 10.2. The molecular weight excluding hydrogens is 389 g/mol. The maximum atomic E-state index is 13.7. The first-order valence-electron chi connectivity index (χ1n) is 8.79. The Labute approximate surface area is 170 Å². The molecule has 1 amide bonds. The van der Waals surface area contributed by atoms with Gasteiger partial charge in [-0.25, -0.2) is 4.39 Å². The molecule has 144 valence electrons. The number of hydrogen-bond acceptors (Lipinski definition) is 5. The van der Waals surface area contributed by atoms with Crippen molar-refractivity contribution in [3.8, 4) is 11.4 Å². The molecule has 1 N–H and O–H groups in total. The van der Waals surface area contributed by atoms with E-state index in [1.165, 1.54) is 28.2 Å². The van der Waals surface area contributed by atoms with E-state index >= 15 is 0 Å². The Bertz CT molecular complexity index is 1170. The van der Waals surface area contributed by atoms with Gasteiger partial charge in [-0.1, -0.05) is 42.5 Å². The van der Waals surface area contributed by atoms with Crippen molar-refractivity contribution < 1.29 is 9.18 Å². The third-order valence-electron chi connectivity index (χ3n) is 4.23. The van der Waals surface area contributed by atoms with E-state index in [-0.39, 0.29) is 5.70 Å². The lowest BCUT2D eigenvalue weighted by Crippen LogP contribution is -2.20. The Hall–Kier alpha value is -3.65. The van der Waals surface area contributed by atoms with Crippen molar-refractivity contribution in [2.24, 2.45) is 0 Å². The molecule has 0 saturated carbocycles. The van der Waals surface area contributed by atoms with Gasteiger partial charge in [0.05, 0.1) is 0 Å². The monoisotopic (exact) mass is 405 g/mol. The highest BCUT2D eigenvalue weighted by Gasteiger charge is 2.20.